The summed E-state index contributed by atoms with van der Waals surface area (Å²) < 4.78 is 7.63. The van der Waals surface area contributed by atoms with Crippen LogP contribution in [0.15, 0.2) is 35.2 Å². The zero-order valence-electron chi connectivity index (χ0n) is 7.48. The van der Waals surface area contributed by atoms with Crippen molar-refractivity contribution >= 4 is 11.9 Å². The minimum absolute atomic E-state index is 0.861. The molecule has 1 aliphatic heterocycles. The van der Waals surface area contributed by atoms with E-state index in [1.165, 1.54) is 4.90 Å². The fraction of sp³-hybridized carbons (Fsp3) is 0.400. The Labute approximate surface area is 83.0 Å². The summed E-state index contributed by atoms with van der Waals surface area (Å²) in [7, 11) is 0. The maximum atomic E-state index is 5.28. The van der Waals surface area contributed by atoms with Gasteiger partial charge in [0.25, 0.3) is 0 Å². The standard InChI is InChI=1S/C10H13NOS/c1-2-4-10(5-3-1)13-11-6-8-12-9-7-11/h1-5H,6-9H2. The van der Waals surface area contributed by atoms with Crippen molar-refractivity contribution in [3.63, 3.8) is 0 Å². The number of ether oxygens (including phenoxy) is 1. The third-order valence-corrected chi connectivity index (χ3v) is 3.05. The van der Waals surface area contributed by atoms with Crippen molar-refractivity contribution in [1.82, 2.24) is 4.31 Å². The minimum Gasteiger partial charge on any atom is -0.379 e. The van der Waals surface area contributed by atoms with Crippen molar-refractivity contribution in [2.75, 3.05) is 26.3 Å². The van der Waals surface area contributed by atoms with Gasteiger partial charge in [0.15, 0.2) is 0 Å². The monoisotopic (exact) mass is 195 g/mol. The van der Waals surface area contributed by atoms with Gasteiger partial charge in [-0.25, -0.2) is 4.31 Å². The van der Waals surface area contributed by atoms with Crippen LogP contribution in [0, 0.1) is 0 Å². The number of benzene rings is 1. The Morgan fingerprint density at radius 1 is 1.08 bits per heavy atom. The molecule has 0 amide bonds. The van der Waals surface area contributed by atoms with Gasteiger partial charge in [-0.3, -0.25) is 0 Å². The van der Waals surface area contributed by atoms with Crippen molar-refractivity contribution in [3.05, 3.63) is 30.3 Å². The van der Waals surface area contributed by atoms with Crippen molar-refractivity contribution < 1.29 is 4.74 Å². The second-order valence-electron chi connectivity index (χ2n) is 2.95. The molecule has 0 spiro atoms. The first-order valence-electron chi connectivity index (χ1n) is 4.51. The van der Waals surface area contributed by atoms with Gasteiger partial charge in [0, 0.05) is 18.0 Å². The molecule has 1 aliphatic rings. The fourth-order valence-corrected chi connectivity index (χ4v) is 2.18. The summed E-state index contributed by atoms with van der Waals surface area (Å²) in [5.74, 6) is 0. The molecule has 70 valence electrons. The lowest BCUT2D eigenvalue weighted by Crippen LogP contribution is -2.30. The van der Waals surface area contributed by atoms with Crippen LogP contribution in [0.5, 0.6) is 0 Å². The van der Waals surface area contributed by atoms with Crippen molar-refractivity contribution in [3.8, 4) is 0 Å². The molecule has 0 N–H and O–H groups in total. The van der Waals surface area contributed by atoms with E-state index in [2.05, 4.69) is 28.6 Å². The minimum atomic E-state index is 0.861. The smallest absolute Gasteiger partial charge is 0.0603 e. The zero-order chi connectivity index (χ0) is 8.93. The summed E-state index contributed by atoms with van der Waals surface area (Å²) in [5, 5.41) is 0. The molecule has 0 aliphatic carbocycles. The Bertz CT molecular complexity index is 246. The van der Waals surface area contributed by atoms with Crippen LogP contribution in [0.3, 0.4) is 0 Å². The summed E-state index contributed by atoms with van der Waals surface area (Å²) in [6, 6.07) is 10.5. The summed E-state index contributed by atoms with van der Waals surface area (Å²) in [6.07, 6.45) is 0. The summed E-state index contributed by atoms with van der Waals surface area (Å²) >= 11 is 1.82. The molecule has 2 nitrogen and oxygen atoms in total. The van der Waals surface area contributed by atoms with Gasteiger partial charge in [-0.1, -0.05) is 18.2 Å². The lowest BCUT2D eigenvalue weighted by atomic mass is 10.4. The number of morpholine rings is 1. The van der Waals surface area contributed by atoms with Gasteiger partial charge in [0.2, 0.25) is 0 Å². The summed E-state index contributed by atoms with van der Waals surface area (Å²) in [6.45, 7) is 3.78. The highest BCUT2D eigenvalue weighted by Crippen LogP contribution is 2.22. The molecule has 0 unspecified atom stereocenters. The van der Waals surface area contributed by atoms with Gasteiger partial charge in [0.1, 0.15) is 0 Å². The van der Waals surface area contributed by atoms with Crippen LogP contribution in [0.4, 0.5) is 0 Å². The largest absolute Gasteiger partial charge is 0.379 e. The average molecular weight is 195 g/mol. The van der Waals surface area contributed by atoms with E-state index in [0.29, 0.717) is 0 Å². The third kappa shape index (κ3) is 2.72. The van der Waals surface area contributed by atoms with E-state index in [1.807, 2.05) is 18.0 Å². The van der Waals surface area contributed by atoms with Crippen LogP contribution in [-0.2, 0) is 4.74 Å². The SMILES string of the molecule is c1ccc(SN2CCOCC2)cc1. The van der Waals surface area contributed by atoms with Crippen LogP contribution in [-0.4, -0.2) is 30.6 Å². The number of hydrogen-bond donors (Lipinski definition) is 0. The number of nitrogens with zero attached hydrogens (tertiary/aromatic N) is 1. The topological polar surface area (TPSA) is 12.5 Å². The molecule has 13 heavy (non-hydrogen) atoms. The highest BCUT2D eigenvalue weighted by Gasteiger charge is 2.10. The second-order valence-corrected chi connectivity index (χ2v) is 4.12. The summed E-state index contributed by atoms with van der Waals surface area (Å²) in [5.41, 5.74) is 0. The molecule has 0 atom stereocenters. The van der Waals surface area contributed by atoms with Gasteiger partial charge in [-0.15, -0.1) is 0 Å². The van der Waals surface area contributed by atoms with Crippen LogP contribution >= 0.6 is 11.9 Å². The van der Waals surface area contributed by atoms with Crippen LogP contribution in [0.1, 0.15) is 0 Å². The summed E-state index contributed by atoms with van der Waals surface area (Å²) in [4.78, 5) is 1.31. The molecule has 1 saturated heterocycles. The molecule has 1 fully saturated rings. The van der Waals surface area contributed by atoms with Gasteiger partial charge in [-0.2, -0.15) is 0 Å². The van der Waals surface area contributed by atoms with Gasteiger partial charge in [-0.05, 0) is 24.1 Å². The predicted molar refractivity (Wildman–Crippen MR) is 54.7 cm³/mol. The molecule has 1 aromatic carbocycles. The molecule has 3 heteroatoms. The molecular weight excluding hydrogens is 182 g/mol. The molecular formula is C10H13NOS. The molecule has 0 radical (unpaired) electrons. The first kappa shape index (κ1) is 9.06. The van der Waals surface area contributed by atoms with E-state index >= 15 is 0 Å². The lowest BCUT2D eigenvalue weighted by molar-refractivity contribution is 0.0773. The maximum absolute atomic E-state index is 5.28. The first-order chi connectivity index (χ1) is 6.45. The van der Waals surface area contributed by atoms with E-state index in [0.717, 1.165) is 26.3 Å². The molecule has 2 rings (SSSR count). The van der Waals surface area contributed by atoms with E-state index < -0.39 is 0 Å². The number of hydrogen-bond acceptors (Lipinski definition) is 3. The highest BCUT2D eigenvalue weighted by molar-refractivity contribution is 7.97. The zero-order valence-corrected chi connectivity index (χ0v) is 8.30. The van der Waals surface area contributed by atoms with E-state index in [1.54, 1.807) is 0 Å². The Kier molecular flexibility index (Phi) is 3.24. The molecule has 1 heterocycles. The van der Waals surface area contributed by atoms with Gasteiger partial charge < -0.3 is 4.74 Å². The van der Waals surface area contributed by atoms with Crippen molar-refractivity contribution in [2.24, 2.45) is 0 Å². The Morgan fingerprint density at radius 2 is 1.77 bits per heavy atom. The van der Waals surface area contributed by atoms with Crippen LogP contribution in [0.25, 0.3) is 0 Å². The Balaban J connectivity index is 1.90. The first-order valence-corrected chi connectivity index (χ1v) is 5.28. The van der Waals surface area contributed by atoms with E-state index in [-0.39, 0.29) is 0 Å². The second kappa shape index (κ2) is 4.65. The fourth-order valence-electron chi connectivity index (χ4n) is 1.27. The number of rotatable bonds is 2. The highest BCUT2D eigenvalue weighted by atomic mass is 32.2. The van der Waals surface area contributed by atoms with Crippen molar-refractivity contribution in [1.29, 1.82) is 0 Å². The van der Waals surface area contributed by atoms with Gasteiger partial charge in [0.05, 0.1) is 13.2 Å². The average Bonchev–Trinajstić information content (AvgIpc) is 2.21. The quantitative estimate of drug-likeness (QED) is 0.670. The molecule has 1 aromatic rings. The molecule has 0 bridgehead atoms. The third-order valence-electron chi connectivity index (χ3n) is 1.95. The lowest BCUT2D eigenvalue weighted by Gasteiger charge is -2.25. The van der Waals surface area contributed by atoms with Gasteiger partial charge >= 0.3 is 0 Å². The van der Waals surface area contributed by atoms with Crippen LogP contribution in [0.2, 0.25) is 0 Å². The normalized spacial score (nSPS) is 18.8. The molecule has 0 aromatic heterocycles. The van der Waals surface area contributed by atoms with E-state index in [4.69, 9.17) is 4.74 Å². The Morgan fingerprint density at radius 3 is 2.46 bits per heavy atom. The van der Waals surface area contributed by atoms with Crippen molar-refractivity contribution in [2.45, 2.75) is 4.90 Å². The Hall–Kier alpha value is -0.510. The predicted octanol–water partition coefficient (Wildman–Crippen LogP) is 2.03. The van der Waals surface area contributed by atoms with E-state index in [9.17, 15) is 0 Å². The van der Waals surface area contributed by atoms with Crippen LogP contribution < -0.4 is 0 Å². The maximum Gasteiger partial charge on any atom is 0.0603 e. The molecule has 0 saturated carbocycles.